The SMILES string of the molecule is C=C(c1ccc(-c2ccccc2)cc1)C1CCOC2(OO1)C1CC3CC(C1)CC2C3. The third-order valence-electron chi connectivity index (χ3n) is 8.03. The number of hydrogen-bond donors (Lipinski definition) is 0. The van der Waals surface area contributed by atoms with Crippen LogP contribution in [0.2, 0.25) is 0 Å². The first-order chi connectivity index (χ1) is 14.7. The highest BCUT2D eigenvalue weighted by Crippen LogP contribution is 2.60. The van der Waals surface area contributed by atoms with Crippen molar-refractivity contribution in [1.82, 2.24) is 0 Å². The third kappa shape index (κ3) is 3.07. The van der Waals surface area contributed by atoms with Crippen LogP contribution < -0.4 is 0 Å². The van der Waals surface area contributed by atoms with Gasteiger partial charge in [-0.2, -0.15) is 4.89 Å². The molecule has 1 heterocycles. The average molecular weight is 403 g/mol. The van der Waals surface area contributed by atoms with Crippen LogP contribution in [0.25, 0.3) is 16.7 Å². The van der Waals surface area contributed by atoms with E-state index in [-0.39, 0.29) is 6.10 Å². The fourth-order valence-electron chi connectivity index (χ4n) is 6.67. The second-order valence-electron chi connectivity index (χ2n) is 9.80. The van der Waals surface area contributed by atoms with Gasteiger partial charge >= 0.3 is 0 Å². The maximum Gasteiger partial charge on any atom is 0.207 e. The smallest absolute Gasteiger partial charge is 0.207 e. The minimum Gasteiger partial charge on any atom is -0.347 e. The minimum atomic E-state index is -0.514. The van der Waals surface area contributed by atoms with Gasteiger partial charge in [0, 0.05) is 18.3 Å². The zero-order valence-electron chi connectivity index (χ0n) is 17.5. The van der Waals surface area contributed by atoms with Crippen molar-refractivity contribution >= 4 is 5.57 Å². The zero-order chi connectivity index (χ0) is 20.1. The van der Waals surface area contributed by atoms with Crippen LogP contribution in [-0.2, 0) is 14.5 Å². The van der Waals surface area contributed by atoms with Gasteiger partial charge in [-0.1, -0.05) is 61.2 Å². The molecule has 4 aliphatic carbocycles. The predicted octanol–water partition coefficient (Wildman–Crippen LogP) is 6.26. The number of ether oxygens (including phenoxy) is 1. The Hall–Kier alpha value is -1.94. The molecule has 1 atom stereocenters. The normalized spacial score (nSPS) is 37.3. The van der Waals surface area contributed by atoms with Gasteiger partial charge in [-0.15, -0.1) is 0 Å². The molecule has 2 aromatic carbocycles. The standard InChI is InChI=1S/C27H30O3/c1-18(21-7-9-23(10-8-21)22-5-3-2-4-6-22)26-11-12-28-27(30-29-26)24-14-19-13-20(16-24)17-25(27)15-19/h2-10,19-20,24-26H,1,11-17H2. The van der Waals surface area contributed by atoms with Crippen LogP contribution >= 0.6 is 0 Å². The number of benzene rings is 2. The average Bonchev–Trinajstić information content (AvgIpc) is 3.01. The second kappa shape index (κ2) is 7.33. The summed E-state index contributed by atoms with van der Waals surface area (Å²) in [6.07, 6.45) is 7.00. The van der Waals surface area contributed by atoms with Crippen molar-refractivity contribution in [3.8, 4) is 11.1 Å². The van der Waals surface area contributed by atoms with Gasteiger partial charge < -0.3 is 4.74 Å². The fourth-order valence-corrected chi connectivity index (χ4v) is 6.67. The van der Waals surface area contributed by atoms with Crippen LogP contribution in [0.3, 0.4) is 0 Å². The molecule has 1 spiro atoms. The fraction of sp³-hybridized carbons (Fsp3) is 0.481. The Morgan fingerprint density at radius 2 is 1.43 bits per heavy atom. The molecule has 0 aromatic heterocycles. The lowest BCUT2D eigenvalue weighted by molar-refractivity contribution is -0.469. The highest BCUT2D eigenvalue weighted by Gasteiger charge is 2.61. The molecule has 4 saturated carbocycles. The van der Waals surface area contributed by atoms with Crippen molar-refractivity contribution in [3.63, 3.8) is 0 Å². The molecule has 0 amide bonds. The van der Waals surface area contributed by atoms with Crippen molar-refractivity contribution in [2.45, 2.75) is 50.4 Å². The second-order valence-corrected chi connectivity index (χ2v) is 9.80. The molecule has 3 heteroatoms. The maximum atomic E-state index is 6.47. The van der Waals surface area contributed by atoms with E-state index in [9.17, 15) is 0 Å². The van der Waals surface area contributed by atoms with E-state index < -0.39 is 5.79 Å². The van der Waals surface area contributed by atoms with E-state index in [0.717, 1.165) is 29.4 Å². The van der Waals surface area contributed by atoms with Crippen molar-refractivity contribution < 1.29 is 14.5 Å². The highest BCUT2D eigenvalue weighted by molar-refractivity contribution is 5.71. The molecule has 3 nitrogen and oxygen atoms in total. The van der Waals surface area contributed by atoms with Crippen LogP contribution in [0.1, 0.15) is 44.1 Å². The van der Waals surface area contributed by atoms with E-state index in [4.69, 9.17) is 14.5 Å². The lowest BCUT2D eigenvalue weighted by Gasteiger charge is -2.58. The van der Waals surface area contributed by atoms with Crippen LogP contribution in [0.4, 0.5) is 0 Å². The first-order valence-electron chi connectivity index (χ1n) is 11.5. The van der Waals surface area contributed by atoms with Gasteiger partial charge in [0.25, 0.3) is 0 Å². The van der Waals surface area contributed by atoms with Crippen LogP contribution in [0.15, 0.2) is 61.2 Å². The summed E-state index contributed by atoms with van der Waals surface area (Å²) in [5.41, 5.74) is 4.50. The Morgan fingerprint density at radius 1 is 0.800 bits per heavy atom. The van der Waals surface area contributed by atoms with E-state index in [1.165, 1.54) is 43.2 Å². The van der Waals surface area contributed by atoms with Gasteiger partial charge in [-0.3, -0.25) is 0 Å². The molecule has 156 valence electrons. The molecule has 5 aliphatic rings. The van der Waals surface area contributed by atoms with E-state index in [1.54, 1.807) is 0 Å². The summed E-state index contributed by atoms with van der Waals surface area (Å²) in [5, 5.41) is 0. The van der Waals surface area contributed by atoms with E-state index in [1.807, 2.05) is 6.07 Å². The molecule has 1 unspecified atom stereocenters. The molecular formula is C27H30O3. The predicted molar refractivity (Wildman–Crippen MR) is 117 cm³/mol. The van der Waals surface area contributed by atoms with Crippen molar-refractivity contribution in [1.29, 1.82) is 0 Å². The van der Waals surface area contributed by atoms with Gasteiger partial charge in [0.1, 0.15) is 6.10 Å². The lowest BCUT2D eigenvalue weighted by Crippen LogP contribution is -2.60. The summed E-state index contributed by atoms with van der Waals surface area (Å²) in [6.45, 7) is 5.03. The van der Waals surface area contributed by atoms with Crippen LogP contribution in [0.5, 0.6) is 0 Å². The molecule has 5 fully saturated rings. The van der Waals surface area contributed by atoms with E-state index in [0.29, 0.717) is 18.4 Å². The van der Waals surface area contributed by atoms with Gasteiger partial charge in [-0.05, 0) is 66.2 Å². The molecule has 30 heavy (non-hydrogen) atoms. The Bertz CT molecular complexity index is 889. The first-order valence-corrected chi connectivity index (χ1v) is 11.5. The summed E-state index contributed by atoms with van der Waals surface area (Å²) in [4.78, 5) is 12.3. The molecule has 0 radical (unpaired) electrons. The third-order valence-corrected chi connectivity index (χ3v) is 8.03. The lowest BCUT2D eigenvalue weighted by atomic mass is 9.53. The molecule has 4 bridgehead atoms. The quantitative estimate of drug-likeness (QED) is 0.568. The molecule has 1 aliphatic heterocycles. The Labute approximate surface area is 179 Å². The molecule has 7 rings (SSSR count). The summed E-state index contributed by atoms with van der Waals surface area (Å²) in [5.74, 6) is 2.22. The Balaban J connectivity index is 1.17. The number of hydrogen-bond acceptors (Lipinski definition) is 3. The zero-order valence-corrected chi connectivity index (χ0v) is 17.5. The van der Waals surface area contributed by atoms with Gasteiger partial charge in [0.15, 0.2) is 0 Å². The molecule has 2 aromatic rings. The summed E-state index contributed by atoms with van der Waals surface area (Å²) < 4.78 is 6.47. The Kier molecular flexibility index (Phi) is 4.60. The largest absolute Gasteiger partial charge is 0.347 e. The van der Waals surface area contributed by atoms with Gasteiger partial charge in [0.05, 0.1) is 6.61 Å². The topological polar surface area (TPSA) is 27.7 Å². The van der Waals surface area contributed by atoms with Crippen LogP contribution in [0, 0.1) is 23.7 Å². The van der Waals surface area contributed by atoms with Crippen molar-refractivity contribution in [2.24, 2.45) is 23.7 Å². The van der Waals surface area contributed by atoms with Gasteiger partial charge in [0.2, 0.25) is 5.79 Å². The highest BCUT2D eigenvalue weighted by atomic mass is 17.2. The summed E-state index contributed by atoms with van der Waals surface area (Å²) >= 11 is 0. The monoisotopic (exact) mass is 402 g/mol. The first kappa shape index (κ1) is 18.8. The van der Waals surface area contributed by atoms with Crippen molar-refractivity contribution in [3.05, 3.63) is 66.7 Å². The van der Waals surface area contributed by atoms with Crippen molar-refractivity contribution in [2.75, 3.05) is 6.61 Å². The maximum absolute atomic E-state index is 6.47. The number of rotatable bonds is 3. The molecule has 0 N–H and O–H groups in total. The van der Waals surface area contributed by atoms with Crippen LogP contribution in [-0.4, -0.2) is 18.5 Å². The summed E-state index contributed by atoms with van der Waals surface area (Å²) in [7, 11) is 0. The Morgan fingerprint density at radius 3 is 2.10 bits per heavy atom. The minimum absolute atomic E-state index is 0.163. The van der Waals surface area contributed by atoms with Gasteiger partial charge in [-0.25, -0.2) is 4.89 Å². The van der Waals surface area contributed by atoms with E-state index in [2.05, 4.69) is 55.1 Å². The molecular weight excluding hydrogens is 372 g/mol. The summed E-state index contributed by atoms with van der Waals surface area (Å²) in [6, 6.07) is 19.0. The van der Waals surface area contributed by atoms with E-state index >= 15 is 0 Å². The molecule has 1 saturated heterocycles.